The van der Waals surface area contributed by atoms with Gasteiger partial charge in [0.05, 0.1) is 7.11 Å². The predicted molar refractivity (Wildman–Crippen MR) is 58.7 cm³/mol. The maximum Gasteiger partial charge on any atom is 0.212 e. The van der Waals surface area contributed by atoms with Crippen LogP contribution < -0.4 is 4.74 Å². The molecule has 0 saturated carbocycles. The zero-order chi connectivity index (χ0) is 10.8. The van der Waals surface area contributed by atoms with Crippen LogP contribution >= 0.6 is 0 Å². The second-order valence-corrected chi connectivity index (χ2v) is 4.72. The van der Waals surface area contributed by atoms with E-state index in [1.54, 1.807) is 7.11 Å². The Hall–Kier alpha value is -1.05. The van der Waals surface area contributed by atoms with Crippen molar-refractivity contribution >= 4 is 0 Å². The van der Waals surface area contributed by atoms with E-state index in [4.69, 9.17) is 4.74 Å². The van der Waals surface area contributed by atoms with Gasteiger partial charge in [0.1, 0.15) is 0 Å². The quantitative estimate of drug-likeness (QED) is 0.719. The lowest BCUT2D eigenvalue weighted by molar-refractivity contribution is 0.337. The highest BCUT2D eigenvalue weighted by Crippen LogP contribution is 2.34. The van der Waals surface area contributed by atoms with Crippen LogP contribution in [-0.2, 0) is 0 Å². The molecule has 0 amide bonds. The lowest BCUT2D eigenvalue weighted by Crippen LogP contribution is -2.15. The molecule has 1 aromatic rings. The fourth-order valence-electron chi connectivity index (χ4n) is 1.27. The van der Waals surface area contributed by atoms with Gasteiger partial charge in [0.15, 0.2) is 0 Å². The molecule has 0 unspecified atom stereocenters. The van der Waals surface area contributed by atoms with Crippen molar-refractivity contribution in [3.8, 4) is 5.88 Å². The number of hydrogen-bond donors (Lipinski definition) is 0. The fraction of sp³-hybridized carbons (Fsp3) is 0.583. The Kier molecular flexibility index (Phi) is 3.14. The normalized spacial score (nSPS) is 13.8. The van der Waals surface area contributed by atoms with Crippen LogP contribution in [0.25, 0.3) is 0 Å². The van der Waals surface area contributed by atoms with Gasteiger partial charge < -0.3 is 4.74 Å². The Bertz CT molecular complexity index is 284. The third kappa shape index (κ3) is 2.47. The van der Waals surface area contributed by atoms with Gasteiger partial charge in [0.2, 0.25) is 5.88 Å². The highest BCUT2D eigenvalue weighted by atomic mass is 16.5. The van der Waals surface area contributed by atoms with E-state index < -0.39 is 0 Å². The van der Waals surface area contributed by atoms with E-state index in [0.29, 0.717) is 11.8 Å². The predicted octanol–water partition coefficient (Wildman–Crippen LogP) is 3.24. The van der Waals surface area contributed by atoms with E-state index in [2.05, 4.69) is 38.7 Å². The molecule has 0 spiro atoms. The molecule has 0 N–H and O–H groups in total. The zero-order valence-corrected chi connectivity index (χ0v) is 9.66. The van der Waals surface area contributed by atoms with Crippen molar-refractivity contribution < 1.29 is 4.74 Å². The van der Waals surface area contributed by atoms with Crippen molar-refractivity contribution in [1.82, 2.24) is 4.98 Å². The van der Waals surface area contributed by atoms with Crippen molar-refractivity contribution in [2.45, 2.75) is 33.6 Å². The smallest absolute Gasteiger partial charge is 0.212 e. The van der Waals surface area contributed by atoms with Crippen LogP contribution in [0.15, 0.2) is 18.3 Å². The summed E-state index contributed by atoms with van der Waals surface area (Å²) in [5, 5.41) is 0. The maximum absolute atomic E-state index is 5.02. The molecule has 0 aliphatic rings. The molecular formula is C12H19NO. The molecule has 14 heavy (non-hydrogen) atoms. The van der Waals surface area contributed by atoms with Crippen LogP contribution in [-0.4, -0.2) is 12.1 Å². The monoisotopic (exact) mass is 193 g/mol. The number of rotatable bonds is 2. The van der Waals surface area contributed by atoms with E-state index in [1.165, 1.54) is 5.56 Å². The standard InChI is InChI=1S/C12H19NO/c1-9(12(2,3)4)10-6-7-11(14-5)13-8-10/h6-9H,1-5H3/t9-/m1/s1. The summed E-state index contributed by atoms with van der Waals surface area (Å²) in [5.74, 6) is 1.18. The lowest BCUT2D eigenvalue weighted by atomic mass is 9.78. The molecule has 1 atom stereocenters. The second-order valence-electron chi connectivity index (χ2n) is 4.72. The highest BCUT2D eigenvalue weighted by molar-refractivity contribution is 5.22. The molecule has 1 rings (SSSR count). The van der Waals surface area contributed by atoms with Crippen LogP contribution in [0.3, 0.4) is 0 Å². The van der Waals surface area contributed by atoms with Gasteiger partial charge in [-0.05, 0) is 16.9 Å². The van der Waals surface area contributed by atoms with Crippen LogP contribution in [0.1, 0.15) is 39.2 Å². The first kappa shape index (κ1) is 11.0. The average Bonchev–Trinajstić information content (AvgIpc) is 2.15. The summed E-state index contributed by atoms with van der Waals surface area (Å²) in [6, 6.07) is 4.00. The SMILES string of the molecule is COc1ccc([C@@H](C)C(C)(C)C)cn1. The van der Waals surface area contributed by atoms with Crippen LogP contribution in [0.4, 0.5) is 0 Å². The minimum atomic E-state index is 0.274. The van der Waals surface area contributed by atoms with Gasteiger partial charge in [-0.25, -0.2) is 4.98 Å². The Morgan fingerprint density at radius 1 is 1.29 bits per heavy atom. The van der Waals surface area contributed by atoms with Gasteiger partial charge >= 0.3 is 0 Å². The van der Waals surface area contributed by atoms with Crippen LogP contribution in [0.2, 0.25) is 0 Å². The van der Waals surface area contributed by atoms with Crippen molar-refractivity contribution in [2.24, 2.45) is 5.41 Å². The first-order valence-electron chi connectivity index (χ1n) is 4.95. The van der Waals surface area contributed by atoms with Crippen LogP contribution in [0, 0.1) is 5.41 Å². The third-order valence-corrected chi connectivity index (χ3v) is 2.77. The zero-order valence-electron chi connectivity index (χ0n) is 9.66. The van der Waals surface area contributed by atoms with E-state index in [0.717, 1.165) is 0 Å². The van der Waals surface area contributed by atoms with E-state index >= 15 is 0 Å². The van der Waals surface area contributed by atoms with Crippen molar-refractivity contribution in [1.29, 1.82) is 0 Å². The maximum atomic E-state index is 5.02. The van der Waals surface area contributed by atoms with Gasteiger partial charge in [0.25, 0.3) is 0 Å². The van der Waals surface area contributed by atoms with Crippen molar-refractivity contribution in [3.05, 3.63) is 23.9 Å². The minimum Gasteiger partial charge on any atom is -0.481 e. The summed E-state index contributed by atoms with van der Waals surface area (Å²) in [5.41, 5.74) is 1.54. The first-order chi connectivity index (χ1) is 6.45. The highest BCUT2D eigenvalue weighted by Gasteiger charge is 2.21. The topological polar surface area (TPSA) is 22.1 Å². The largest absolute Gasteiger partial charge is 0.481 e. The molecule has 1 heterocycles. The average molecular weight is 193 g/mol. The molecular weight excluding hydrogens is 174 g/mol. The molecule has 0 saturated heterocycles. The van der Waals surface area contributed by atoms with Gasteiger partial charge in [-0.15, -0.1) is 0 Å². The lowest BCUT2D eigenvalue weighted by Gasteiger charge is -2.27. The Morgan fingerprint density at radius 3 is 2.29 bits per heavy atom. The number of aromatic nitrogens is 1. The van der Waals surface area contributed by atoms with Crippen molar-refractivity contribution in [3.63, 3.8) is 0 Å². The third-order valence-electron chi connectivity index (χ3n) is 2.77. The Labute approximate surface area is 86.3 Å². The molecule has 0 aliphatic carbocycles. The first-order valence-corrected chi connectivity index (χ1v) is 4.95. The Morgan fingerprint density at radius 2 is 1.93 bits per heavy atom. The molecule has 0 aromatic carbocycles. The van der Waals surface area contributed by atoms with Crippen LogP contribution in [0.5, 0.6) is 5.88 Å². The summed E-state index contributed by atoms with van der Waals surface area (Å²) in [6.07, 6.45) is 1.90. The number of ether oxygens (including phenoxy) is 1. The van der Waals surface area contributed by atoms with E-state index in [9.17, 15) is 0 Å². The molecule has 0 aliphatic heterocycles. The molecule has 0 radical (unpaired) electrons. The molecule has 78 valence electrons. The van der Waals surface area contributed by atoms with E-state index in [-0.39, 0.29) is 5.41 Å². The minimum absolute atomic E-state index is 0.274. The second kappa shape index (κ2) is 3.99. The summed E-state index contributed by atoms with van der Waals surface area (Å²) in [7, 11) is 1.63. The fourth-order valence-corrected chi connectivity index (χ4v) is 1.27. The molecule has 0 bridgehead atoms. The van der Waals surface area contributed by atoms with Gasteiger partial charge in [0, 0.05) is 12.3 Å². The number of methoxy groups -OCH3 is 1. The van der Waals surface area contributed by atoms with Gasteiger partial charge in [-0.2, -0.15) is 0 Å². The van der Waals surface area contributed by atoms with E-state index in [1.807, 2.05) is 12.3 Å². The molecule has 0 fully saturated rings. The summed E-state index contributed by atoms with van der Waals surface area (Å²) >= 11 is 0. The summed E-state index contributed by atoms with van der Waals surface area (Å²) in [6.45, 7) is 8.94. The molecule has 1 aromatic heterocycles. The number of pyridine rings is 1. The summed E-state index contributed by atoms with van der Waals surface area (Å²) < 4.78 is 5.02. The summed E-state index contributed by atoms with van der Waals surface area (Å²) in [4.78, 5) is 4.21. The Balaban J connectivity index is 2.87. The van der Waals surface area contributed by atoms with Crippen molar-refractivity contribution in [2.75, 3.05) is 7.11 Å². The molecule has 2 heteroatoms. The van der Waals surface area contributed by atoms with Gasteiger partial charge in [-0.3, -0.25) is 0 Å². The number of hydrogen-bond acceptors (Lipinski definition) is 2. The molecule has 2 nitrogen and oxygen atoms in total. The number of nitrogens with zero attached hydrogens (tertiary/aromatic N) is 1. The van der Waals surface area contributed by atoms with Gasteiger partial charge in [-0.1, -0.05) is 33.8 Å².